The van der Waals surface area contributed by atoms with Crippen LogP contribution in [0.15, 0.2) is 46.1 Å². The maximum Gasteiger partial charge on any atom is 0.320 e. The lowest BCUT2D eigenvalue weighted by Crippen LogP contribution is -2.33. The van der Waals surface area contributed by atoms with Crippen molar-refractivity contribution in [1.29, 1.82) is 0 Å². The van der Waals surface area contributed by atoms with E-state index in [2.05, 4.69) is 15.0 Å². The lowest BCUT2D eigenvalue weighted by atomic mass is 10.1. The molecule has 0 fully saturated rings. The molecule has 9 nitrogen and oxygen atoms in total. The average molecular weight is 577 g/mol. The highest BCUT2D eigenvalue weighted by molar-refractivity contribution is 7.92. The van der Waals surface area contributed by atoms with Crippen molar-refractivity contribution in [3.8, 4) is 11.5 Å². The molecule has 5 N–H and O–H groups in total. The number of nitrogens with zero attached hydrogens (tertiary/aromatic N) is 1. The maximum atomic E-state index is 14.8. The highest BCUT2D eigenvalue weighted by Gasteiger charge is 2.23. The second kappa shape index (κ2) is 12.7. The molecule has 0 aliphatic rings. The molecular formula is C22H23Cl2FN4O5S2. The fourth-order valence-electron chi connectivity index (χ4n) is 3.12. The van der Waals surface area contributed by atoms with E-state index in [0.29, 0.717) is 43.1 Å². The van der Waals surface area contributed by atoms with Gasteiger partial charge in [0, 0.05) is 16.5 Å². The number of halogens is 3. The zero-order chi connectivity index (χ0) is 26.3. The molecule has 36 heavy (non-hydrogen) atoms. The first-order valence-corrected chi connectivity index (χ1v) is 13.8. The van der Waals surface area contributed by atoms with Crippen LogP contribution in [0.3, 0.4) is 0 Å². The Balaban J connectivity index is 1.68. The Morgan fingerprint density at radius 2 is 2.00 bits per heavy atom. The van der Waals surface area contributed by atoms with E-state index in [1.54, 1.807) is 18.2 Å². The van der Waals surface area contributed by atoms with E-state index < -0.39 is 32.7 Å². The van der Waals surface area contributed by atoms with E-state index in [4.69, 9.17) is 38.8 Å². The molecule has 3 rings (SSSR count). The predicted molar refractivity (Wildman–Crippen MR) is 137 cm³/mol. The van der Waals surface area contributed by atoms with Gasteiger partial charge in [-0.25, -0.2) is 17.8 Å². The molecule has 1 unspecified atom stereocenters. The van der Waals surface area contributed by atoms with Crippen LogP contribution in [-0.2, 0) is 21.2 Å². The Morgan fingerprint density at radius 1 is 1.22 bits per heavy atom. The number of aryl methyl sites for hydroxylation is 1. The summed E-state index contributed by atoms with van der Waals surface area (Å²) in [6, 6.07) is 5.89. The van der Waals surface area contributed by atoms with Gasteiger partial charge in [-0.05, 0) is 62.2 Å². The summed E-state index contributed by atoms with van der Waals surface area (Å²) in [5.74, 6) is -1.71. The first-order chi connectivity index (χ1) is 17.1. The molecule has 1 aromatic heterocycles. The van der Waals surface area contributed by atoms with Gasteiger partial charge in [0.05, 0.1) is 10.5 Å². The van der Waals surface area contributed by atoms with Gasteiger partial charge in [0.15, 0.2) is 5.82 Å². The van der Waals surface area contributed by atoms with Gasteiger partial charge < -0.3 is 20.9 Å². The van der Waals surface area contributed by atoms with Crippen LogP contribution in [0.25, 0.3) is 0 Å². The van der Waals surface area contributed by atoms with E-state index >= 15 is 0 Å². The van der Waals surface area contributed by atoms with Crippen LogP contribution < -0.4 is 20.5 Å². The zero-order valence-corrected chi connectivity index (χ0v) is 21.9. The molecule has 1 atom stereocenters. The number of nitrogens with two attached hydrogens (primary N) is 1. The van der Waals surface area contributed by atoms with Gasteiger partial charge in [0.25, 0.3) is 10.0 Å². The number of aliphatic carboxylic acids is 1. The number of hydrogen-bond acceptors (Lipinski definition) is 8. The number of benzene rings is 2. The number of carboxylic acids is 1. The minimum atomic E-state index is -4.26. The third-order valence-electron chi connectivity index (χ3n) is 4.94. The van der Waals surface area contributed by atoms with Crippen LogP contribution in [0.5, 0.6) is 11.5 Å². The van der Waals surface area contributed by atoms with Crippen LogP contribution in [-0.4, -0.2) is 43.6 Å². The van der Waals surface area contributed by atoms with Gasteiger partial charge in [-0.3, -0.25) is 9.52 Å². The van der Waals surface area contributed by atoms with Crippen molar-refractivity contribution in [2.45, 2.75) is 30.2 Å². The molecule has 0 radical (unpaired) electrons. The molecular weight excluding hydrogens is 554 g/mol. The molecule has 0 spiro atoms. The Labute approximate surface area is 221 Å². The lowest BCUT2D eigenvalue weighted by molar-refractivity contribution is -0.138. The monoisotopic (exact) mass is 576 g/mol. The predicted octanol–water partition coefficient (Wildman–Crippen LogP) is 4.51. The number of rotatable bonds is 13. The van der Waals surface area contributed by atoms with Gasteiger partial charge in [-0.2, -0.15) is 0 Å². The Hall–Kier alpha value is -2.48. The van der Waals surface area contributed by atoms with Crippen molar-refractivity contribution < 1.29 is 27.4 Å². The number of anilines is 1. The standard InChI is InChI=1S/C22H23Cl2FN4O5S2/c23-14-3-4-18(13(8-14)2-1-6-27-7-5-17(26)22(30)31)34-19-10-16(25)20(9-15(19)24)36(32,33)29-21-11-35-12-28-21/h3-4,8-12,17,27,29H,1-2,5-7,26H2,(H,30,31). The Morgan fingerprint density at radius 3 is 2.69 bits per heavy atom. The van der Waals surface area contributed by atoms with Crippen LogP contribution in [0.4, 0.5) is 10.2 Å². The maximum absolute atomic E-state index is 14.8. The van der Waals surface area contributed by atoms with Crippen molar-refractivity contribution in [1.82, 2.24) is 10.3 Å². The number of hydrogen-bond donors (Lipinski definition) is 4. The average Bonchev–Trinajstić information content (AvgIpc) is 3.31. The van der Waals surface area contributed by atoms with Crippen LogP contribution in [0.2, 0.25) is 10.0 Å². The molecule has 0 bridgehead atoms. The summed E-state index contributed by atoms with van der Waals surface area (Å²) in [5.41, 5.74) is 7.63. The van der Waals surface area contributed by atoms with Gasteiger partial charge in [-0.15, -0.1) is 11.3 Å². The quantitative estimate of drug-likeness (QED) is 0.218. The van der Waals surface area contributed by atoms with E-state index in [-0.39, 0.29) is 16.6 Å². The molecule has 0 amide bonds. The van der Waals surface area contributed by atoms with Crippen molar-refractivity contribution in [2.75, 3.05) is 17.8 Å². The molecule has 0 aliphatic carbocycles. The molecule has 2 aromatic carbocycles. The summed E-state index contributed by atoms with van der Waals surface area (Å²) in [6.45, 7) is 1.04. The Bertz CT molecular complexity index is 1310. The van der Waals surface area contributed by atoms with E-state index in [1.807, 2.05) is 0 Å². The molecule has 0 aliphatic heterocycles. The van der Waals surface area contributed by atoms with Crippen LogP contribution in [0, 0.1) is 5.82 Å². The Kier molecular flexibility index (Phi) is 9.88. The van der Waals surface area contributed by atoms with E-state index in [0.717, 1.165) is 17.7 Å². The smallest absolute Gasteiger partial charge is 0.320 e. The number of carbonyl (C=O) groups is 1. The number of thiazole rings is 1. The van der Waals surface area contributed by atoms with E-state index in [9.17, 15) is 17.6 Å². The van der Waals surface area contributed by atoms with Gasteiger partial charge in [0.1, 0.15) is 28.3 Å². The summed E-state index contributed by atoms with van der Waals surface area (Å²) < 4.78 is 47.9. The molecule has 14 heteroatoms. The topological polar surface area (TPSA) is 144 Å². The second-order valence-electron chi connectivity index (χ2n) is 7.63. The summed E-state index contributed by atoms with van der Waals surface area (Å²) in [7, 11) is -4.26. The van der Waals surface area contributed by atoms with Crippen LogP contribution in [0.1, 0.15) is 18.4 Å². The fourth-order valence-corrected chi connectivity index (χ4v) is 5.23. The van der Waals surface area contributed by atoms with Crippen molar-refractivity contribution in [3.63, 3.8) is 0 Å². The summed E-state index contributed by atoms with van der Waals surface area (Å²) in [4.78, 5) is 13.9. The summed E-state index contributed by atoms with van der Waals surface area (Å²) in [6.07, 6.45) is 1.51. The fraction of sp³-hybridized carbons (Fsp3) is 0.273. The molecule has 194 valence electrons. The molecule has 0 saturated carbocycles. The highest BCUT2D eigenvalue weighted by atomic mass is 35.5. The number of nitrogens with one attached hydrogen (secondary N) is 2. The largest absolute Gasteiger partial charge is 0.480 e. The van der Waals surface area contributed by atoms with Crippen LogP contribution >= 0.6 is 34.5 Å². The third-order valence-corrected chi connectivity index (χ3v) is 7.43. The van der Waals surface area contributed by atoms with Crippen molar-refractivity contribution in [3.05, 3.63) is 62.6 Å². The first kappa shape index (κ1) is 28.1. The number of carboxylic acid groups (broad SMARTS) is 1. The molecule has 0 saturated heterocycles. The van der Waals surface area contributed by atoms with E-state index in [1.165, 1.54) is 22.2 Å². The second-order valence-corrected chi connectivity index (χ2v) is 10.8. The molecule has 3 aromatic rings. The third kappa shape index (κ3) is 7.76. The number of sulfonamides is 1. The first-order valence-electron chi connectivity index (χ1n) is 10.6. The minimum Gasteiger partial charge on any atom is -0.480 e. The summed E-state index contributed by atoms with van der Waals surface area (Å²) >= 11 is 13.6. The highest BCUT2D eigenvalue weighted by Crippen LogP contribution is 2.36. The number of ether oxygens (including phenoxy) is 1. The minimum absolute atomic E-state index is 0.0638. The SMILES string of the molecule is NC(CCNCCCc1cc(Cl)ccc1Oc1cc(F)c(S(=O)(=O)Nc2cscn2)cc1Cl)C(=O)O. The van der Waals surface area contributed by atoms with Gasteiger partial charge >= 0.3 is 5.97 Å². The normalized spacial score (nSPS) is 12.3. The van der Waals surface area contributed by atoms with Gasteiger partial charge in [-0.1, -0.05) is 23.2 Å². The van der Waals surface area contributed by atoms with Gasteiger partial charge in [0.2, 0.25) is 0 Å². The van der Waals surface area contributed by atoms with Crippen molar-refractivity contribution >= 4 is 56.3 Å². The zero-order valence-electron chi connectivity index (χ0n) is 18.7. The molecule has 1 heterocycles. The number of aromatic nitrogens is 1. The lowest BCUT2D eigenvalue weighted by Gasteiger charge is -2.15. The summed E-state index contributed by atoms with van der Waals surface area (Å²) in [5, 5.41) is 13.8. The van der Waals surface area contributed by atoms with Crippen molar-refractivity contribution in [2.24, 2.45) is 5.73 Å².